The van der Waals surface area contributed by atoms with Gasteiger partial charge in [0, 0.05) is 17.9 Å². The van der Waals surface area contributed by atoms with E-state index in [-0.39, 0.29) is 0 Å². The van der Waals surface area contributed by atoms with Gasteiger partial charge in [0.05, 0.1) is 0 Å². The van der Waals surface area contributed by atoms with E-state index in [1.807, 2.05) is 36.5 Å². The Morgan fingerprint density at radius 1 is 0.722 bits per heavy atom. The van der Waals surface area contributed by atoms with Gasteiger partial charge < -0.3 is 9.84 Å². The number of ether oxygens (including phenoxy) is 1. The van der Waals surface area contributed by atoms with Crippen molar-refractivity contribution in [2.45, 2.75) is 183 Å². The van der Waals surface area contributed by atoms with Crippen molar-refractivity contribution in [1.29, 1.82) is 0 Å². The third-order valence-electron chi connectivity index (χ3n) is 15.6. The first-order valence-electron chi connectivity index (χ1n) is 23.0. The second-order valence-electron chi connectivity index (χ2n) is 19.0. The number of esters is 1. The molecule has 0 aromatic heterocycles. The molecule has 4 fully saturated rings. The van der Waals surface area contributed by atoms with Gasteiger partial charge in [-0.3, -0.25) is 0 Å². The number of hydrogen-bond acceptors (Lipinski definition) is 3. The Morgan fingerprint density at radius 2 is 1.37 bits per heavy atom. The molecule has 4 aliphatic carbocycles. The average molecular weight is 743 g/mol. The second kappa shape index (κ2) is 22.0. The van der Waals surface area contributed by atoms with Crippen LogP contribution in [0.1, 0.15) is 177 Å². The fourth-order valence-corrected chi connectivity index (χ4v) is 12.4. The van der Waals surface area contributed by atoms with Crippen LogP contribution in [0.3, 0.4) is 0 Å². The van der Waals surface area contributed by atoms with Crippen LogP contribution in [0.2, 0.25) is 0 Å². The van der Waals surface area contributed by atoms with Gasteiger partial charge in [-0.15, -0.1) is 0 Å². The van der Waals surface area contributed by atoms with E-state index < -0.39 is 17.2 Å². The maximum Gasteiger partial charge on any atom is 0.333 e. The summed E-state index contributed by atoms with van der Waals surface area (Å²) in [6, 6.07) is 0. The molecular formula is C51H82O3. The molecule has 0 radical (unpaired) electrons. The molecule has 0 saturated heterocycles. The SMILES string of the molecule is CCCCCCCCC/C=C/C=C/C=C/C=C/C=C/C=C/C(=O)OC1(O)CCCC2CC[C@@H]3[C@@H]4CC[C@H]([C@H](C)CC[C@@H](CC)C(C)C)[C@@]4(C)CC[C@@H]3[C@]21C. The molecule has 3 nitrogen and oxygen atoms in total. The standard InChI is InChI=1S/C51H82O3/c1-8-10-11-12-13-14-15-16-17-18-19-20-21-22-23-24-25-26-27-30-48(52)54-51(53)38-28-29-43-33-34-44-46-36-35-45(41(5)31-32-42(9-2)40(3)4)49(46,6)39-37-47(44)50(43,51)7/h17-27,30,40-47,53H,8-16,28-29,31-39H2,1-7H3/b18-17+,20-19+,22-21+,24-23+,26-25+,30-27+/t41-,42-,43?,44-,45-,46+,47+,49-,50+,51?/m1/s1. The van der Waals surface area contributed by atoms with Gasteiger partial charge in [0.15, 0.2) is 0 Å². The molecule has 0 bridgehead atoms. The topological polar surface area (TPSA) is 46.5 Å². The lowest BCUT2D eigenvalue weighted by atomic mass is 9.43. The number of unbranched alkanes of at least 4 members (excludes halogenated alkanes) is 7. The predicted octanol–water partition coefficient (Wildman–Crippen LogP) is 14.5. The predicted molar refractivity (Wildman–Crippen MR) is 231 cm³/mol. The molecule has 4 saturated carbocycles. The average Bonchev–Trinajstić information content (AvgIpc) is 3.50. The number of hydrogen-bond donors (Lipinski definition) is 1. The van der Waals surface area contributed by atoms with Gasteiger partial charge in [-0.2, -0.15) is 0 Å². The summed E-state index contributed by atoms with van der Waals surface area (Å²) in [5.41, 5.74) is 0.00354. The minimum Gasteiger partial charge on any atom is -0.429 e. The third kappa shape index (κ3) is 11.3. The molecule has 4 aliphatic rings. The van der Waals surface area contributed by atoms with Crippen molar-refractivity contribution in [3.05, 3.63) is 72.9 Å². The highest BCUT2D eigenvalue weighted by molar-refractivity contribution is 5.82. The van der Waals surface area contributed by atoms with E-state index in [1.165, 1.54) is 96.0 Å². The van der Waals surface area contributed by atoms with Crippen molar-refractivity contribution in [2.75, 3.05) is 0 Å². The summed E-state index contributed by atoms with van der Waals surface area (Å²) >= 11 is 0. The summed E-state index contributed by atoms with van der Waals surface area (Å²) in [5.74, 6) is 3.53. The summed E-state index contributed by atoms with van der Waals surface area (Å²) in [7, 11) is 0. The molecule has 10 atom stereocenters. The number of carbonyl (C=O) groups is 1. The third-order valence-corrected chi connectivity index (χ3v) is 15.6. The van der Waals surface area contributed by atoms with Crippen LogP contribution in [-0.4, -0.2) is 16.9 Å². The zero-order valence-electron chi connectivity index (χ0n) is 36.0. The molecule has 4 rings (SSSR count). The molecule has 0 amide bonds. The van der Waals surface area contributed by atoms with Crippen LogP contribution < -0.4 is 0 Å². The molecule has 1 N–H and O–H groups in total. The first-order valence-corrected chi connectivity index (χ1v) is 23.0. The lowest BCUT2D eigenvalue weighted by molar-refractivity contribution is -0.317. The summed E-state index contributed by atoms with van der Waals surface area (Å²) in [6.45, 7) is 16.9. The van der Waals surface area contributed by atoms with E-state index in [1.54, 1.807) is 6.08 Å². The molecule has 2 unspecified atom stereocenters. The summed E-state index contributed by atoms with van der Waals surface area (Å²) in [5, 5.41) is 12.4. The van der Waals surface area contributed by atoms with E-state index in [0.29, 0.717) is 29.6 Å². The van der Waals surface area contributed by atoms with Gasteiger partial charge in [-0.1, -0.05) is 167 Å². The lowest BCUT2D eigenvalue weighted by Gasteiger charge is -2.64. The molecule has 0 heterocycles. The fourth-order valence-electron chi connectivity index (χ4n) is 12.4. The van der Waals surface area contributed by atoms with Crippen LogP contribution in [0.4, 0.5) is 0 Å². The van der Waals surface area contributed by atoms with Crippen LogP contribution >= 0.6 is 0 Å². The number of allylic oxidation sites excluding steroid dienone is 11. The molecule has 304 valence electrons. The quantitative estimate of drug-likeness (QED) is 0.0419. The van der Waals surface area contributed by atoms with E-state index in [2.05, 4.69) is 72.8 Å². The molecular weight excluding hydrogens is 661 g/mol. The number of fused-ring (bicyclic) bond motifs is 5. The van der Waals surface area contributed by atoms with E-state index >= 15 is 0 Å². The minimum absolute atomic E-state index is 0.392. The summed E-state index contributed by atoms with van der Waals surface area (Å²) < 4.78 is 6.17. The van der Waals surface area contributed by atoms with Crippen LogP contribution in [-0.2, 0) is 9.53 Å². The van der Waals surface area contributed by atoms with Crippen molar-refractivity contribution in [2.24, 2.45) is 58.2 Å². The fraction of sp³-hybridized carbons (Fsp3) is 0.745. The Labute approximate surface area is 333 Å². The van der Waals surface area contributed by atoms with Crippen molar-refractivity contribution in [1.82, 2.24) is 0 Å². The number of carbonyl (C=O) groups excluding carboxylic acids is 1. The number of aliphatic hydroxyl groups is 1. The van der Waals surface area contributed by atoms with Crippen LogP contribution in [0, 0.1) is 58.2 Å². The zero-order valence-corrected chi connectivity index (χ0v) is 36.0. The Balaban J connectivity index is 1.26. The van der Waals surface area contributed by atoms with Gasteiger partial charge in [0.2, 0.25) is 5.79 Å². The Hall–Kier alpha value is -2.13. The highest BCUT2D eigenvalue weighted by atomic mass is 16.7. The van der Waals surface area contributed by atoms with Gasteiger partial charge in [0.1, 0.15) is 0 Å². The molecule has 54 heavy (non-hydrogen) atoms. The zero-order chi connectivity index (χ0) is 39.0. The Bertz CT molecular complexity index is 1300. The highest BCUT2D eigenvalue weighted by Crippen LogP contribution is 2.70. The van der Waals surface area contributed by atoms with Gasteiger partial charge in [-0.25, -0.2) is 4.79 Å². The first kappa shape index (κ1) is 44.6. The second-order valence-corrected chi connectivity index (χ2v) is 19.0. The molecule has 3 heteroatoms. The first-order chi connectivity index (χ1) is 26.0. The van der Waals surface area contributed by atoms with Crippen molar-refractivity contribution in [3.8, 4) is 0 Å². The van der Waals surface area contributed by atoms with Crippen molar-refractivity contribution >= 4 is 5.97 Å². The molecule has 0 aromatic rings. The molecule has 0 aromatic carbocycles. The van der Waals surface area contributed by atoms with Crippen LogP contribution in [0.25, 0.3) is 0 Å². The van der Waals surface area contributed by atoms with Gasteiger partial charge in [-0.05, 0) is 123 Å². The minimum atomic E-state index is -1.41. The van der Waals surface area contributed by atoms with Gasteiger partial charge >= 0.3 is 5.97 Å². The summed E-state index contributed by atoms with van der Waals surface area (Å²) in [4.78, 5) is 13.3. The van der Waals surface area contributed by atoms with Gasteiger partial charge in [0.25, 0.3) is 0 Å². The van der Waals surface area contributed by atoms with Crippen LogP contribution in [0.15, 0.2) is 72.9 Å². The lowest BCUT2D eigenvalue weighted by Crippen LogP contribution is -2.64. The largest absolute Gasteiger partial charge is 0.429 e. The monoisotopic (exact) mass is 743 g/mol. The van der Waals surface area contributed by atoms with E-state index in [0.717, 1.165) is 61.7 Å². The maximum atomic E-state index is 13.3. The van der Waals surface area contributed by atoms with E-state index in [4.69, 9.17) is 4.74 Å². The maximum absolute atomic E-state index is 13.3. The Morgan fingerprint density at radius 3 is 2.04 bits per heavy atom. The van der Waals surface area contributed by atoms with Crippen molar-refractivity contribution in [3.63, 3.8) is 0 Å². The highest BCUT2D eigenvalue weighted by Gasteiger charge is 2.67. The van der Waals surface area contributed by atoms with Crippen LogP contribution in [0.5, 0.6) is 0 Å². The normalized spacial score (nSPS) is 34.1. The Kier molecular flexibility index (Phi) is 18.1. The molecule has 0 aliphatic heterocycles. The summed E-state index contributed by atoms with van der Waals surface area (Å²) in [6.07, 6.45) is 48.3. The smallest absolute Gasteiger partial charge is 0.333 e. The number of rotatable bonds is 21. The van der Waals surface area contributed by atoms with Crippen molar-refractivity contribution < 1.29 is 14.6 Å². The molecule has 0 spiro atoms. The van der Waals surface area contributed by atoms with E-state index in [9.17, 15) is 9.90 Å².